The summed E-state index contributed by atoms with van der Waals surface area (Å²) in [5.74, 6) is 0.403. The van der Waals surface area contributed by atoms with Gasteiger partial charge in [-0.3, -0.25) is 4.90 Å². The molecule has 2 nitrogen and oxygen atoms in total. The Morgan fingerprint density at radius 2 is 1.93 bits per heavy atom. The van der Waals surface area contributed by atoms with Gasteiger partial charge in [0.25, 0.3) is 6.43 Å². The lowest BCUT2D eigenvalue weighted by molar-refractivity contribution is 0.0686. The Labute approximate surface area is 91.0 Å². The van der Waals surface area contributed by atoms with Gasteiger partial charge in [0.15, 0.2) is 0 Å². The van der Waals surface area contributed by atoms with Gasteiger partial charge in [-0.25, -0.2) is 8.78 Å². The van der Waals surface area contributed by atoms with E-state index in [0.717, 1.165) is 6.54 Å². The minimum absolute atomic E-state index is 0.130. The molecule has 90 valence electrons. The largest absolute Gasteiger partial charge is 0.312 e. The molecule has 0 amide bonds. The molecule has 0 aliphatic heterocycles. The van der Waals surface area contributed by atoms with Gasteiger partial charge in [-0.15, -0.1) is 0 Å². The number of rotatable bonds is 7. The van der Waals surface area contributed by atoms with Crippen LogP contribution in [-0.2, 0) is 0 Å². The van der Waals surface area contributed by atoms with Crippen molar-refractivity contribution in [2.45, 2.75) is 45.2 Å². The van der Waals surface area contributed by atoms with Crippen molar-refractivity contribution >= 4 is 0 Å². The van der Waals surface area contributed by atoms with Gasteiger partial charge in [-0.2, -0.15) is 0 Å². The first-order valence-electron chi connectivity index (χ1n) is 5.72. The highest BCUT2D eigenvalue weighted by Gasteiger charge is 2.25. The van der Waals surface area contributed by atoms with Gasteiger partial charge in [0, 0.05) is 18.6 Å². The molecule has 0 radical (unpaired) electrons. The molecule has 0 bridgehead atoms. The number of likely N-dealkylation sites (N-methyl/N-ethyl adjacent to an activating group) is 1. The van der Waals surface area contributed by atoms with Crippen LogP contribution in [0.4, 0.5) is 8.78 Å². The van der Waals surface area contributed by atoms with Gasteiger partial charge >= 0.3 is 0 Å². The van der Waals surface area contributed by atoms with Crippen molar-refractivity contribution < 1.29 is 8.78 Å². The second-order valence-electron chi connectivity index (χ2n) is 4.82. The van der Waals surface area contributed by atoms with Gasteiger partial charge < -0.3 is 5.32 Å². The van der Waals surface area contributed by atoms with Crippen LogP contribution in [0.3, 0.4) is 0 Å². The predicted octanol–water partition coefficient (Wildman–Crippen LogP) is 1.96. The zero-order chi connectivity index (χ0) is 11.4. The molecule has 15 heavy (non-hydrogen) atoms. The van der Waals surface area contributed by atoms with E-state index in [-0.39, 0.29) is 12.6 Å². The summed E-state index contributed by atoms with van der Waals surface area (Å²) >= 11 is 0. The minimum atomic E-state index is -2.24. The minimum Gasteiger partial charge on any atom is -0.312 e. The molecule has 1 fully saturated rings. The summed E-state index contributed by atoms with van der Waals surface area (Å²) in [6.45, 7) is 4.86. The summed E-state index contributed by atoms with van der Waals surface area (Å²) in [6, 6.07) is 0.853. The van der Waals surface area contributed by atoms with Gasteiger partial charge in [-0.05, 0) is 25.8 Å². The Balaban J connectivity index is 2.32. The number of hydrogen-bond donors (Lipinski definition) is 1. The maximum absolute atomic E-state index is 12.3. The fourth-order valence-corrected chi connectivity index (χ4v) is 1.83. The molecule has 4 heteroatoms. The van der Waals surface area contributed by atoms with E-state index in [1.807, 2.05) is 0 Å². The van der Waals surface area contributed by atoms with E-state index >= 15 is 0 Å². The molecular weight excluding hydrogens is 198 g/mol. The quantitative estimate of drug-likeness (QED) is 0.705. The fraction of sp³-hybridized carbons (Fsp3) is 1.00. The summed E-state index contributed by atoms with van der Waals surface area (Å²) in [5.41, 5.74) is 0. The van der Waals surface area contributed by atoms with E-state index in [1.165, 1.54) is 12.8 Å². The maximum Gasteiger partial charge on any atom is 0.251 e. The van der Waals surface area contributed by atoms with Crippen LogP contribution in [0.25, 0.3) is 0 Å². The van der Waals surface area contributed by atoms with Crippen molar-refractivity contribution in [3.8, 4) is 0 Å². The second kappa shape index (κ2) is 5.75. The number of halogens is 2. The average Bonchev–Trinajstić information content (AvgIpc) is 2.85. The molecule has 0 aromatic heterocycles. The highest BCUT2D eigenvalue weighted by Crippen LogP contribution is 2.19. The molecule has 0 aromatic carbocycles. The molecule has 0 aromatic rings. The first-order chi connectivity index (χ1) is 7.00. The van der Waals surface area contributed by atoms with Crippen LogP contribution in [0.5, 0.6) is 0 Å². The van der Waals surface area contributed by atoms with Crippen molar-refractivity contribution in [1.29, 1.82) is 0 Å². The first-order valence-corrected chi connectivity index (χ1v) is 5.72. The lowest BCUT2D eigenvalue weighted by atomic mass is 10.0. The van der Waals surface area contributed by atoms with Crippen molar-refractivity contribution in [1.82, 2.24) is 10.2 Å². The Kier molecular flexibility index (Phi) is 4.93. The molecule has 1 saturated carbocycles. The highest BCUT2D eigenvalue weighted by molar-refractivity contribution is 4.84. The zero-order valence-electron chi connectivity index (χ0n) is 9.84. The van der Waals surface area contributed by atoms with Crippen molar-refractivity contribution in [3.63, 3.8) is 0 Å². The Hall–Kier alpha value is -0.220. The molecule has 1 rings (SSSR count). The smallest absolute Gasteiger partial charge is 0.251 e. The number of nitrogens with zero attached hydrogens (tertiary/aromatic N) is 1. The van der Waals surface area contributed by atoms with Gasteiger partial charge in [-0.1, -0.05) is 13.8 Å². The van der Waals surface area contributed by atoms with Gasteiger partial charge in [0.1, 0.15) is 0 Å². The second-order valence-corrected chi connectivity index (χ2v) is 4.82. The summed E-state index contributed by atoms with van der Waals surface area (Å²) in [7, 11) is 1.78. The molecule has 1 aliphatic carbocycles. The molecule has 0 heterocycles. The summed E-state index contributed by atoms with van der Waals surface area (Å²) in [6.07, 6.45) is 0.240. The zero-order valence-corrected chi connectivity index (χ0v) is 9.84. The van der Waals surface area contributed by atoms with Crippen LogP contribution in [0, 0.1) is 5.92 Å². The van der Waals surface area contributed by atoms with E-state index in [2.05, 4.69) is 19.2 Å². The third-order valence-corrected chi connectivity index (χ3v) is 2.95. The normalized spacial score (nSPS) is 19.2. The molecule has 0 spiro atoms. The maximum atomic E-state index is 12.3. The van der Waals surface area contributed by atoms with Gasteiger partial charge in [0.05, 0.1) is 6.54 Å². The number of alkyl halides is 2. The molecule has 1 aliphatic rings. The molecule has 1 unspecified atom stereocenters. The van der Waals surface area contributed by atoms with Crippen LogP contribution in [-0.4, -0.2) is 43.5 Å². The Morgan fingerprint density at radius 1 is 1.33 bits per heavy atom. The highest BCUT2D eigenvalue weighted by atomic mass is 19.3. The topological polar surface area (TPSA) is 15.3 Å². The van der Waals surface area contributed by atoms with Crippen LogP contribution in [0.1, 0.15) is 26.7 Å². The number of hydrogen-bond acceptors (Lipinski definition) is 2. The van der Waals surface area contributed by atoms with E-state index in [1.54, 1.807) is 11.9 Å². The van der Waals surface area contributed by atoms with E-state index in [9.17, 15) is 8.78 Å². The average molecular weight is 220 g/mol. The summed E-state index contributed by atoms with van der Waals surface area (Å²) in [5, 5.41) is 3.41. The van der Waals surface area contributed by atoms with Crippen LogP contribution in [0.2, 0.25) is 0 Å². The first kappa shape index (κ1) is 12.8. The lowest BCUT2D eigenvalue weighted by Gasteiger charge is -2.31. The van der Waals surface area contributed by atoms with E-state index < -0.39 is 6.43 Å². The van der Waals surface area contributed by atoms with Crippen LogP contribution < -0.4 is 5.32 Å². The monoisotopic (exact) mass is 220 g/mol. The summed E-state index contributed by atoms with van der Waals surface area (Å²) < 4.78 is 24.5. The number of nitrogens with one attached hydrogen (secondary N) is 1. The van der Waals surface area contributed by atoms with E-state index in [0.29, 0.717) is 12.0 Å². The lowest BCUT2D eigenvalue weighted by Crippen LogP contribution is -2.45. The molecule has 1 N–H and O–H groups in total. The SMILES string of the molecule is CC(C)C(CNC1CC1)N(C)CC(F)F. The Bertz CT molecular complexity index is 181. The third-order valence-electron chi connectivity index (χ3n) is 2.95. The van der Waals surface area contributed by atoms with Gasteiger partial charge in [0.2, 0.25) is 0 Å². The molecule has 0 saturated heterocycles. The standard InChI is InChI=1S/C11H22F2N2/c1-8(2)10(6-14-9-4-5-9)15(3)7-11(12)13/h8-11,14H,4-7H2,1-3H3. The summed E-state index contributed by atoms with van der Waals surface area (Å²) in [4.78, 5) is 1.77. The third kappa shape index (κ3) is 4.89. The van der Waals surface area contributed by atoms with Crippen molar-refractivity contribution in [3.05, 3.63) is 0 Å². The fourth-order valence-electron chi connectivity index (χ4n) is 1.83. The van der Waals surface area contributed by atoms with Crippen LogP contribution in [0.15, 0.2) is 0 Å². The van der Waals surface area contributed by atoms with Crippen molar-refractivity contribution in [2.75, 3.05) is 20.1 Å². The molecular formula is C11H22F2N2. The Morgan fingerprint density at radius 3 is 2.33 bits per heavy atom. The predicted molar refractivity (Wildman–Crippen MR) is 58.3 cm³/mol. The molecule has 1 atom stereocenters. The van der Waals surface area contributed by atoms with Crippen LogP contribution >= 0.6 is 0 Å². The van der Waals surface area contributed by atoms with E-state index in [4.69, 9.17) is 0 Å². The van der Waals surface area contributed by atoms with Crippen molar-refractivity contribution in [2.24, 2.45) is 5.92 Å².